The summed E-state index contributed by atoms with van der Waals surface area (Å²) in [6.07, 6.45) is -2.01. The van der Waals surface area contributed by atoms with Crippen molar-refractivity contribution in [1.82, 2.24) is 9.80 Å². The van der Waals surface area contributed by atoms with Crippen LogP contribution in [-0.4, -0.2) is 67.2 Å². The third-order valence-corrected chi connectivity index (χ3v) is 7.82. The summed E-state index contributed by atoms with van der Waals surface area (Å²) in [5.41, 5.74) is 0.522. The van der Waals surface area contributed by atoms with E-state index in [9.17, 15) is 23.1 Å². The van der Waals surface area contributed by atoms with Crippen molar-refractivity contribution >= 4 is 11.6 Å². The molecule has 2 aromatic carbocycles. The van der Waals surface area contributed by atoms with E-state index in [1.807, 2.05) is 21.9 Å². The summed E-state index contributed by atoms with van der Waals surface area (Å²) in [4.78, 5) is 20.1. The van der Waals surface area contributed by atoms with E-state index in [-0.39, 0.29) is 11.7 Å². The second kappa shape index (κ2) is 11.4. The van der Waals surface area contributed by atoms with Gasteiger partial charge in [-0.25, -0.2) is 0 Å². The fourth-order valence-corrected chi connectivity index (χ4v) is 5.89. The minimum atomic E-state index is -4.37. The number of piperazine rings is 1. The molecule has 2 saturated heterocycles. The lowest BCUT2D eigenvalue weighted by Crippen LogP contribution is -2.56. The maximum atomic E-state index is 13.9. The van der Waals surface area contributed by atoms with Crippen LogP contribution in [0, 0.1) is 11.3 Å². The van der Waals surface area contributed by atoms with Crippen LogP contribution in [0.1, 0.15) is 44.2 Å². The molecule has 6 nitrogen and oxygen atoms in total. The molecule has 38 heavy (non-hydrogen) atoms. The predicted molar refractivity (Wildman–Crippen MR) is 141 cm³/mol. The number of alkyl halides is 3. The average molecular weight is 534 g/mol. The van der Waals surface area contributed by atoms with Gasteiger partial charge in [-0.2, -0.15) is 13.2 Å². The first-order chi connectivity index (χ1) is 18.0. The van der Waals surface area contributed by atoms with E-state index in [4.69, 9.17) is 4.74 Å². The molecule has 0 radical (unpaired) electrons. The predicted octanol–water partition coefficient (Wildman–Crippen LogP) is 5.40. The van der Waals surface area contributed by atoms with Crippen molar-refractivity contribution in [3.8, 4) is 11.5 Å². The molecule has 0 aliphatic carbocycles. The maximum Gasteiger partial charge on any atom is 0.416 e. The number of phenols is 1. The molecule has 2 aliphatic rings. The molecule has 1 N–H and O–H groups in total. The van der Waals surface area contributed by atoms with Crippen molar-refractivity contribution in [3.05, 3.63) is 53.6 Å². The fraction of sp³-hybridized carbons (Fsp3) is 0.552. The van der Waals surface area contributed by atoms with E-state index in [0.717, 1.165) is 50.5 Å². The molecule has 0 atom stereocenters. The van der Waals surface area contributed by atoms with Crippen LogP contribution in [0.5, 0.6) is 11.5 Å². The molecule has 9 heteroatoms. The van der Waals surface area contributed by atoms with Gasteiger partial charge in [0.25, 0.3) is 0 Å². The van der Waals surface area contributed by atoms with Crippen LogP contribution in [0.25, 0.3) is 0 Å². The van der Waals surface area contributed by atoms with Gasteiger partial charge in [-0.15, -0.1) is 0 Å². The number of hydrogen-bond acceptors (Lipinski definition) is 5. The van der Waals surface area contributed by atoms with E-state index in [1.165, 1.54) is 19.2 Å². The topological polar surface area (TPSA) is 56.2 Å². The summed E-state index contributed by atoms with van der Waals surface area (Å²) >= 11 is 0. The third-order valence-electron chi connectivity index (χ3n) is 7.82. The van der Waals surface area contributed by atoms with E-state index in [0.29, 0.717) is 43.5 Å². The summed E-state index contributed by atoms with van der Waals surface area (Å²) in [6.45, 7) is 8.65. The van der Waals surface area contributed by atoms with Crippen LogP contribution < -0.4 is 9.64 Å². The van der Waals surface area contributed by atoms with Gasteiger partial charge in [-0.1, -0.05) is 26.0 Å². The summed E-state index contributed by atoms with van der Waals surface area (Å²) in [5.74, 6) is 1.12. The Kier molecular flexibility index (Phi) is 8.45. The molecule has 0 saturated carbocycles. The maximum absolute atomic E-state index is 13.9. The van der Waals surface area contributed by atoms with Gasteiger partial charge in [0, 0.05) is 38.4 Å². The Labute approximate surface area is 223 Å². The van der Waals surface area contributed by atoms with Crippen molar-refractivity contribution in [1.29, 1.82) is 0 Å². The van der Waals surface area contributed by atoms with Gasteiger partial charge in [0.15, 0.2) is 11.5 Å². The number of aromatic hydroxyl groups is 1. The molecule has 0 unspecified atom stereocenters. The van der Waals surface area contributed by atoms with Crippen LogP contribution in [0.2, 0.25) is 0 Å². The third kappa shape index (κ3) is 6.37. The van der Waals surface area contributed by atoms with E-state index >= 15 is 0 Å². The number of ether oxygens (including phenoxy) is 1. The Balaban J connectivity index is 1.39. The van der Waals surface area contributed by atoms with Crippen LogP contribution in [0.4, 0.5) is 18.9 Å². The van der Waals surface area contributed by atoms with Gasteiger partial charge in [0.2, 0.25) is 5.91 Å². The highest BCUT2D eigenvalue weighted by Gasteiger charge is 2.44. The smallest absolute Gasteiger partial charge is 0.416 e. The van der Waals surface area contributed by atoms with E-state index in [2.05, 4.69) is 18.7 Å². The normalized spacial score (nSPS) is 18.6. The zero-order valence-corrected chi connectivity index (χ0v) is 22.4. The zero-order valence-electron chi connectivity index (χ0n) is 22.4. The number of halogens is 3. The minimum absolute atomic E-state index is 0.115. The van der Waals surface area contributed by atoms with Gasteiger partial charge in [-0.05, 0) is 74.2 Å². The Bertz CT molecular complexity index is 1110. The first-order valence-corrected chi connectivity index (χ1v) is 13.3. The SMILES string of the molecule is COc1cc(CN2CCC(CC(C)C)(C(=O)N3CCN(c4cccc(C(F)(F)F)c4)CC3)CC2)ccc1O. The number of methoxy groups -OCH3 is 1. The Morgan fingerprint density at radius 2 is 1.71 bits per heavy atom. The number of likely N-dealkylation sites (tertiary alicyclic amines) is 1. The number of nitrogens with zero attached hydrogens (tertiary/aromatic N) is 3. The number of carbonyl (C=O) groups excluding carboxylic acids is 1. The Hall–Kier alpha value is -2.94. The van der Waals surface area contributed by atoms with Crippen molar-refractivity contribution in [3.63, 3.8) is 0 Å². The number of hydrogen-bond donors (Lipinski definition) is 1. The number of benzene rings is 2. The quantitative estimate of drug-likeness (QED) is 0.517. The molecule has 2 heterocycles. The molecular weight excluding hydrogens is 495 g/mol. The molecule has 0 spiro atoms. The molecule has 2 aromatic rings. The summed E-state index contributed by atoms with van der Waals surface area (Å²) in [5, 5.41) is 9.87. The lowest BCUT2D eigenvalue weighted by molar-refractivity contribution is -0.147. The van der Waals surface area contributed by atoms with Crippen LogP contribution in [0.3, 0.4) is 0 Å². The zero-order chi connectivity index (χ0) is 27.5. The summed E-state index contributed by atoms with van der Waals surface area (Å²) < 4.78 is 44.7. The van der Waals surface area contributed by atoms with Gasteiger partial charge >= 0.3 is 6.18 Å². The minimum Gasteiger partial charge on any atom is -0.504 e. The van der Waals surface area contributed by atoms with Crippen molar-refractivity contribution in [2.75, 3.05) is 51.3 Å². The second-order valence-electron chi connectivity index (χ2n) is 11.0. The lowest BCUT2D eigenvalue weighted by Gasteiger charge is -2.46. The van der Waals surface area contributed by atoms with Crippen LogP contribution in [-0.2, 0) is 17.5 Å². The molecule has 208 valence electrons. The Morgan fingerprint density at radius 1 is 1.03 bits per heavy atom. The van der Waals surface area contributed by atoms with Gasteiger partial charge in [-0.3, -0.25) is 9.69 Å². The number of rotatable bonds is 7. The number of amides is 1. The van der Waals surface area contributed by atoms with Crippen LogP contribution >= 0.6 is 0 Å². The molecule has 0 bridgehead atoms. The monoisotopic (exact) mass is 533 g/mol. The van der Waals surface area contributed by atoms with Gasteiger partial charge in [0.05, 0.1) is 18.1 Å². The highest BCUT2D eigenvalue weighted by atomic mass is 19.4. The molecule has 1 amide bonds. The van der Waals surface area contributed by atoms with Crippen molar-refractivity contribution < 1.29 is 27.8 Å². The molecule has 2 aliphatic heterocycles. The molecular formula is C29H38F3N3O3. The molecule has 0 aromatic heterocycles. The summed E-state index contributed by atoms with van der Waals surface area (Å²) in [6, 6.07) is 10.8. The van der Waals surface area contributed by atoms with Crippen LogP contribution in [0.15, 0.2) is 42.5 Å². The first-order valence-electron chi connectivity index (χ1n) is 13.3. The lowest BCUT2D eigenvalue weighted by atomic mass is 9.71. The number of anilines is 1. The second-order valence-corrected chi connectivity index (χ2v) is 11.0. The van der Waals surface area contributed by atoms with Crippen molar-refractivity contribution in [2.24, 2.45) is 11.3 Å². The molecule has 2 fully saturated rings. The standard InChI is InChI=1S/C29H38F3N3O3/c1-21(2)19-28(9-11-33(12-10-28)20-22-7-8-25(36)26(17-22)38-3)27(37)35-15-13-34(14-16-35)24-6-4-5-23(18-24)29(30,31)32/h4-8,17-18,21,36H,9-16,19-20H2,1-3H3. The Morgan fingerprint density at radius 3 is 2.32 bits per heavy atom. The largest absolute Gasteiger partial charge is 0.504 e. The van der Waals surface area contributed by atoms with Gasteiger partial charge < -0.3 is 19.6 Å². The molecule has 4 rings (SSSR count). The number of piperidine rings is 1. The highest BCUT2D eigenvalue weighted by Crippen LogP contribution is 2.41. The highest BCUT2D eigenvalue weighted by molar-refractivity contribution is 5.83. The number of carbonyl (C=O) groups is 1. The van der Waals surface area contributed by atoms with E-state index < -0.39 is 17.2 Å². The summed E-state index contributed by atoms with van der Waals surface area (Å²) in [7, 11) is 1.53. The van der Waals surface area contributed by atoms with Gasteiger partial charge in [0.1, 0.15) is 0 Å². The number of phenolic OH excluding ortho intramolecular Hbond substituents is 1. The van der Waals surface area contributed by atoms with Crippen molar-refractivity contribution in [2.45, 2.75) is 45.8 Å². The van der Waals surface area contributed by atoms with E-state index in [1.54, 1.807) is 12.1 Å². The average Bonchev–Trinajstić information content (AvgIpc) is 2.90. The first kappa shape index (κ1) is 28.1. The fourth-order valence-electron chi connectivity index (χ4n) is 5.89.